The Morgan fingerprint density at radius 1 is 1.53 bits per heavy atom. The lowest BCUT2D eigenvalue weighted by atomic mass is 10.2. The quantitative estimate of drug-likeness (QED) is 0.623. The van der Waals surface area contributed by atoms with E-state index in [2.05, 4.69) is 0 Å². The third kappa shape index (κ3) is 1.81. The number of ether oxygens (including phenoxy) is 1. The Balaban J connectivity index is 2.57. The maximum atomic E-state index is 11.6. The minimum Gasteiger partial charge on any atom is -0.461 e. The molecule has 5 nitrogen and oxygen atoms in total. The lowest BCUT2D eigenvalue weighted by molar-refractivity contribution is 0.0517. The monoisotopic (exact) mass is 229 g/mol. The van der Waals surface area contributed by atoms with Crippen molar-refractivity contribution in [2.75, 3.05) is 12.4 Å². The Hall–Kier alpha value is -2.48. The Labute approximate surface area is 98.0 Å². The van der Waals surface area contributed by atoms with Crippen LogP contribution in [0.3, 0.4) is 0 Å². The number of rotatable bonds is 2. The minimum atomic E-state index is -0.468. The smallest absolute Gasteiger partial charge is 0.356 e. The lowest BCUT2D eigenvalue weighted by Crippen LogP contribution is -2.17. The summed E-state index contributed by atoms with van der Waals surface area (Å²) in [5, 5.41) is 9.53. The molecular formula is C12H11N3O2. The van der Waals surface area contributed by atoms with Crippen molar-refractivity contribution in [3.63, 3.8) is 0 Å². The van der Waals surface area contributed by atoms with Gasteiger partial charge in [0.1, 0.15) is 5.69 Å². The lowest BCUT2D eigenvalue weighted by Gasteiger charge is -2.03. The fraction of sp³-hybridized carbons (Fsp3) is 0.167. The first-order valence-corrected chi connectivity index (χ1v) is 5.15. The van der Waals surface area contributed by atoms with Gasteiger partial charge in [0.25, 0.3) is 0 Å². The van der Waals surface area contributed by atoms with E-state index in [0.29, 0.717) is 17.7 Å². The van der Waals surface area contributed by atoms with Gasteiger partial charge in [-0.15, -0.1) is 0 Å². The van der Waals surface area contributed by atoms with Crippen LogP contribution < -0.4 is 5.84 Å². The average molecular weight is 229 g/mol. The van der Waals surface area contributed by atoms with E-state index in [4.69, 9.17) is 15.8 Å². The molecule has 2 rings (SSSR count). The highest BCUT2D eigenvalue weighted by molar-refractivity contribution is 5.96. The number of hydrogen-bond acceptors (Lipinski definition) is 4. The van der Waals surface area contributed by atoms with Crippen LogP contribution in [0.25, 0.3) is 10.9 Å². The molecular weight excluding hydrogens is 218 g/mol. The molecule has 1 heterocycles. The first kappa shape index (κ1) is 11.0. The summed E-state index contributed by atoms with van der Waals surface area (Å²) in [6, 6.07) is 8.70. The van der Waals surface area contributed by atoms with Crippen molar-refractivity contribution in [2.24, 2.45) is 0 Å². The third-order valence-electron chi connectivity index (χ3n) is 2.45. The summed E-state index contributed by atoms with van der Waals surface area (Å²) in [6.07, 6.45) is 0. The Bertz CT molecular complexity index is 622. The molecule has 1 aromatic carbocycles. The zero-order chi connectivity index (χ0) is 12.4. The molecule has 0 saturated carbocycles. The van der Waals surface area contributed by atoms with Crippen molar-refractivity contribution in [3.8, 4) is 6.07 Å². The first-order valence-electron chi connectivity index (χ1n) is 5.15. The topological polar surface area (TPSA) is 81.0 Å². The normalized spacial score (nSPS) is 10.1. The minimum absolute atomic E-state index is 0.275. The van der Waals surface area contributed by atoms with Gasteiger partial charge >= 0.3 is 5.97 Å². The van der Waals surface area contributed by atoms with E-state index < -0.39 is 5.97 Å². The number of nitriles is 1. The summed E-state index contributed by atoms with van der Waals surface area (Å²) in [5.74, 6) is 5.33. The molecule has 0 fully saturated rings. The summed E-state index contributed by atoms with van der Waals surface area (Å²) < 4.78 is 6.16. The van der Waals surface area contributed by atoms with E-state index in [1.54, 1.807) is 31.2 Å². The van der Waals surface area contributed by atoms with Crippen LogP contribution in [-0.4, -0.2) is 17.3 Å². The van der Waals surface area contributed by atoms with Crippen LogP contribution in [0.1, 0.15) is 23.0 Å². The molecule has 0 amide bonds. The Morgan fingerprint density at radius 3 is 2.94 bits per heavy atom. The molecule has 0 bridgehead atoms. The molecule has 0 aliphatic heterocycles. The number of nitrogens with two attached hydrogens (primary N) is 1. The maximum Gasteiger partial charge on any atom is 0.356 e. The summed E-state index contributed by atoms with van der Waals surface area (Å²) in [5.41, 5.74) is 1.49. The summed E-state index contributed by atoms with van der Waals surface area (Å²) in [7, 11) is 0. The van der Waals surface area contributed by atoms with Crippen molar-refractivity contribution in [2.45, 2.75) is 6.92 Å². The van der Waals surface area contributed by atoms with Crippen LogP contribution >= 0.6 is 0 Å². The van der Waals surface area contributed by atoms with Crippen LogP contribution in [0.15, 0.2) is 24.3 Å². The second-order valence-corrected chi connectivity index (χ2v) is 3.51. The molecule has 1 aromatic heterocycles. The third-order valence-corrected chi connectivity index (χ3v) is 2.45. The van der Waals surface area contributed by atoms with Crippen molar-refractivity contribution in [1.82, 2.24) is 4.68 Å². The van der Waals surface area contributed by atoms with E-state index >= 15 is 0 Å². The molecule has 0 atom stereocenters. The van der Waals surface area contributed by atoms with E-state index in [9.17, 15) is 4.79 Å². The number of aromatic nitrogens is 1. The summed E-state index contributed by atoms with van der Waals surface area (Å²) in [6.45, 7) is 2.03. The predicted octanol–water partition coefficient (Wildman–Crippen LogP) is 1.40. The van der Waals surface area contributed by atoms with Crippen LogP contribution in [0.2, 0.25) is 0 Å². The average Bonchev–Trinajstić information content (AvgIpc) is 2.66. The van der Waals surface area contributed by atoms with Crippen molar-refractivity contribution in [3.05, 3.63) is 35.5 Å². The number of carbonyl (C=O) groups excluding carboxylic acids is 1. The van der Waals surface area contributed by atoms with Gasteiger partial charge in [-0.3, -0.25) is 4.68 Å². The van der Waals surface area contributed by atoms with Crippen LogP contribution in [0.5, 0.6) is 0 Å². The summed E-state index contributed by atoms with van der Waals surface area (Å²) >= 11 is 0. The highest BCUT2D eigenvalue weighted by Gasteiger charge is 2.15. The van der Waals surface area contributed by atoms with E-state index in [-0.39, 0.29) is 5.69 Å². The Kier molecular flexibility index (Phi) is 2.71. The zero-order valence-electron chi connectivity index (χ0n) is 9.30. The van der Waals surface area contributed by atoms with Gasteiger partial charge < -0.3 is 10.6 Å². The molecule has 2 aromatic rings. The van der Waals surface area contributed by atoms with E-state index in [1.807, 2.05) is 6.07 Å². The molecule has 0 aliphatic carbocycles. The number of benzene rings is 1. The van der Waals surface area contributed by atoms with Gasteiger partial charge in [0.05, 0.1) is 23.8 Å². The molecule has 0 radical (unpaired) electrons. The number of esters is 1. The Morgan fingerprint density at radius 2 is 2.29 bits per heavy atom. The molecule has 0 unspecified atom stereocenters. The van der Waals surface area contributed by atoms with Gasteiger partial charge in [-0.1, -0.05) is 0 Å². The standard InChI is InChI=1S/C12H11N3O2/c1-2-17-12(16)11-6-9-5-8(7-13)3-4-10(9)15(11)14/h3-6H,2,14H2,1H3. The second kappa shape index (κ2) is 4.18. The van der Waals surface area contributed by atoms with Crippen LogP contribution in [0.4, 0.5) is 0 Å². The number of nitrogen functional groups attached to an aromatic ring is 1. The fourth-order valence-electron chi connectivity index (χ4n) is 1.67. The maximum absolute atomic E-state index is 11.6. The molecule has 0 aliphatic rings. The van der Waals surface area contributed by atoms with Crippen LogP contribution in [-0.2, 0) is 4.74 Å². The van der Waals surface area contributed by atoms with Crippen LogP contribution in [0, 0.1) is 11.3 Å². The van der Waals surface area contributed by atoms with Gasteiger partial charge in [0.2, 0.25) is 0 Å². The molecule has 0 spiro atoms. The zero-order valence-corrected chi connectivity index (χ0v) is 9.30. The predicted molar refractivity (Wildman–Crippen MR) is 62.8 cm³/mol. The van der Waals surface area contributed by atoms with Gasteiger partial charge in [-0.25, -0.2) is 4.79 Å². The second-order valence-electron chi connectivity index (χ2n) is 3.51. The fourth-order valence-corrected chi connectivity index (χ4v) is 1.67. The molecule has 17 heavy (non-hydrogen) atoms. The van der Waals surface area contributed by atoms with Crippen molar-refractivity contribution >= 4 is 16.9 Å². The van der Waals surface area contributed by atoms with Gasteiger partial charge in [0, 0.05) is 5.39 Å². The number of nitrogens with zero attached hydrogens (tertiary/aromatic N) is 2. The number of carbonyl (C=O) groups is 1. The summed E-state index contributed by atoms with van der Waals surface area (Å²) in [4.78, 5) is 11.6. The van der Waals surface area contributed by atoms with Gasteiger partial charge in [-0.2, -0.15) is 5.26 Å². The molecule has 0 saturated heterocycles. The van der Waals surface area contributed by atoms with Gasteiger partial charge in [0.15, 0.2) is 0 Å². The van der Waals surface area contributed by atoms with Gasteiger partial charge in [-0.05, 0) is 31.2 Å². The highest BCUT2D eigenvalue weighted by Crippen LogP contribution is 2.19. The number of fused-ring (bicyclic) bond motifs is 1. The van der Waals surface area contributed by atoms with Crippen molar-refractivity contribution < 1.29 is 9.53 Å². The number of hydrogen-bond donors (Lipinski definition) is 1. The first-order chi connectivity index (χ1) is 8.17. The van der Waals surface area contributed by atoms with Crippen molar-refractivity contribution in [1.29, 1.82) is 5.26 Å². The highest BCUT2D eigenvalue weighted by atomic mass is 16.5. The molecule has 2 N–H and O–H groups in total. The largest absolute Gasteiger partial charge is 0.461 e. The van der Waals surface area contributed by atoms with E-state index in [0.717, 1.165) is 5.39 Å². The molecule has 86 valence electrons. The molecule has 5 heteroatoms. The van der Waals surface area contributed by atoms with E-state index in [1.165, 1.54) is 4.68 Å². The SMILES string of the molecule is CCOC(=O)c1cc2cc(C#N)ccc2n1N.